The fourth-order valence-corrected chi connectivity index (χ4v) is 7.27. The van der Waals surface area contributed by atoms with Gasteiger partial charge < -0.3 is 24.8 Å². The monoisotopic (exact) mass is 752 g/mol. The third kappa shape index (κ3) is 6.79. The Hall–Kier alpha value is -5.45. The number of aliphatic imine (C=N–C) groups is 1. The summed E-state index contributed by atoms with van der Waals surface area (Å²) in [5.41, 5.74) is 1.12. The minimum Gasteiger partial charge on any atom is -0.478 e. The molecule has 3 aromatic carbocycles. The molecule has 2 amide bonds. The number of halogens is 4. The number of hydrogen-bond acceptors (Lipinski definition) is 10. The van der Waals surface area contributed by atoms with Crippen LogP contribution in [0, 0.1) is 17.5 Å². The predicted octanol–water partition coefficient (Wildman–Crippen LogP) is 5.85. The number of anilines is 1. The molecule has 7 rings (SSSR count). The number of esters is 1. The molecule has 2 atom stereocenters. The maximum Gasteiger partial charge on any atom is 0.338 e. The van der Waals surface area contributed by atoms with Crippen LogP contribution >= 0.6 is 22.9 Å². The molecule has 3 aliphatic rings. The van der Waals surface area contributed by atoms with Crippen LogP contribution in [0.2, 0.25) is 5.02 Å². The maximum absolute atomic E-state index is 14.4. The van der Waals surface area contributed by atoms with Crippen molar-refractivity contribution in [3.63, 3.8) is 0 Å². The minimum absolute atomic E-state index is 0.0794. The highest BCUT2D eigenvalue weighted by Crippen LogP contribution is 2.38. The molecule has 0 radical (unpaired) electrons. The second kappa shape index (κ2) is 14.3. The van der Waals surface area contributed by atoms with Crippen LogP contribution in [0.4, 0.5) is 23.7 Å². The molecule has 0 bridgehead atoms. The number of amides is 2. The number of nitrogens with one attached hydrogen (secondary N) is 1. The number of fused-ring (bicyclic) bond motifs is 1. The van der Waals surface area contributed by atoms with Crippen molar-refractivity contribution in [3.05, 3.63) is 116 Å². The highest BCUT2D eigenvalue weighted by atomic mass is 35.5. The molecule has 1 aromatic heterocycles. The Kier molecular flexibility index (Phi) is 9.61. The summed E-state index contributed by atoms with van der Waals surface area (Å²) in [7, 11) is 1.27. The van der Waals surface area contributed by atoms with Gasteiger partial charge in [0.25, 0.3) is 0 Å². The van der Waals surface area contributed by atoms with Crippen LogP contribution in [0.25, 0.3) is 0 Å². The molecular formula is C35H28ClF3N6O6S. The van der Waals surface area contributed by atoms with Gasteiger partial charge in [0.05, 0.1) is 24.3 Å². The van der Waals surface area contributed by atoms with Crippen molar-refractivity contribution in [2.45, 2.75) is 12.1 Å². The Labute approximate surface area is 303 Å². The zero-order valence-electron chi connectivity index (χ0n) is 27.2. The number of ether oxygens (including phenoxy) is 2. The van der Waals surface area contributed by atoms with Crippen molar-refractivity contribution in [1.82, 2.24) is 20.1 Å². The Morgan fingerprint density at radius 2 is 1.81 bits per heavy atom. The van der Waals surface area contributed by atoms with E-state index in [9.17, 15) is 27.6 Å². The molecule has 2 saturated heterocycles. The van der Waals surface area contributed by atoms with E-state index in [2.05, 4.69) is 15.2 Å². The summed E-state index contributed by atoms with van der Waals surface area (Å²) in [6.45, 7) is 1.93. The number of piperazine rings is 1. The number of aromatic carboxylic acids is 1. The quantitative estimate of drug-likeness (QED) is 0.202. The molecule has 2 N–H and O–H groups in total. The average Bonchev–Trinajstić information content (AvgIpc) is 3.78. The van der Waals surface area contributed by atoms with Gasteiger partial charge in [0.15, 0.2) is 28.2 Å². The summed E-state index contributed by atoms with van der Waals surface area (Å²) in [4.78, 5) is 52.6. The molecule has 0 aliphatic carbocycles. The Bertz CT molecular complexity index is 2110. The molecule has 52 heavy (non-hydrogen) atoms. The predicted molar refractivity (Wildman–Crippen MR) is 184 cm³/mol. The molecule has 0 saturated carbocycles. The number of carboxylic acids is 1. The second-order valence-electron chi connectivity index (χ2n) is 12.0. The lowest BCUT2D eigenvalue weighted by Crippen LogP contribution is -2.53. The summed E-state index contributed by atoms with van der Waals surface area (Å²) in [5, 5.41) is 14.8. The topological polar surface area (TPSA) is 137 Å². The zero-order chi connectivity index (χ0) is 36.7. The van der Waals surface area contributed by atoms with Crippen molar-refractivity contribution in [2.24, 2.45) is 4.99 Å². The number of carbonyl (C=O) groups is 3. The van der Waals surface area contributed by atoms with Gasteiger partial charge in [-0.15, -0.1) is 11.3 Å². The number of thiazole rings is 1. The van der Waals surface area contributed by atoms with E-state index in [4.69, 9.17) is 31.2 Å². The number of methoxy groups -OCH3 is 1. The van der Waals surface area contributed by atoms with E-state index in [1.807, 2.05) is 0 Å². The van der Waals surface area contributed by atoms with Gasteiger partial charge in [0.2, 0.25) is 0 Å². The minimum atomic E-state index is -1.48. The second-order valence-corrected chi connectivity index (χ2v) is 13.3. The first kappa shape index (κ1) is 35.0. The highest BCUT2D eigenvalue weighted by Gasteiger charge is 2.42. The first-order valence-electron chi connectivity index (χ1n) is 15.8. The van der Waals surface area contributed by atoms with Crippen LogP contribution in [-0.2, 0) is 9.53 Å². The molecule has 0 unspecified atom stereocenters. The first-order chi connectivity index (χ1) is 25.0. The number of urea groups is 1. The van der Waals surface area contributed by atoms with E-state index >= 15 is 0 Å². The maximum atomic E-state index is 14.4. The van der Waals surface area contributed by atoms with Crippen LogP contribution in [0.5, 0.6) is 11.5 Å². The van der Waals surface area contributed by atoms with Gasteiger partial charge in [-0.3, -0.25) is 14.8 Å². The van der Waals surface area contributed by atoms with Crippen LogP contribution in [0.15, 0.2) is 82.4 Å². The normalized spacial score (nSPS) is 18.9. The van der Waals surface area contributed by atoms with E-state index in [0.29, 0.717) is 66.1 Å². The third-order valence-electron chi connectivity index (χ3n) is 8.86. The van der Waals surface area contributed by atoms with Crippen molar-refractivity contribution >= 4 is 52.4 Å². The Morgan fingerprint density at radius 3 is 2.46 bits per heavy atom. The highest BCUT2D eigenvalue weighted by molar-refractivity contribution is 7.11. The van der Waals surface area contributed by atoms with Gasteiger partial charge in [-0.05, 0) is 48.5 Å². The van der Waals surface area contributed by atoms with E-state index in [-0.39, 0.29) is 35.0 Å². The van der Waals surface area contributed by atoms with Gasteiger partial charge in [-0.25, -0.2) is 32.5 Å². The van der Waals surface area contributed by atoms with Crippen LogP contribution in [-0.4, -0.2) is 89.6 Å². The number of hydrogen-bond donors (Lipinski definition) is 2. The van der Waals surface area contributed by atoms with Gasteiger partial charge >= 0.3 is 18.0 Å². The molecule has 0 spiro atoms. The molecule has 4 aromatic rings. The smallest absolute Gasteiger partial charge is 0.338 e. The number of carbonyl (C=O) groups excluding carboxylic acids is 2. The van der Waals surface area contributed by atoms with E-state index in [1.165, 1.54) is 42.7 Å². The van der Waals surface area contributed by atoms with Gasteiger partial charge in [0, 0.05) is 66.3 Å². The fourth-order valence-electron chi connectivity index (χ4n) is 6.42. The fraction of sp³-hybridized carbons (Fsp3) is 0.229. The molecule has 268 valence electrons. The zero-order valence-corrected chi connectivity index (χ0v) is 28.8. The lowest BCUT2D eigenvalue weighted by molar-refractivity contribution is -0.136. The van der Waals surface area contributed by atoms with E-state index in [0.717, 1.165) is 6.07 Å². The molecule has 17 heteroatoms. The van der Waals surface area contributed by atoms with E-state index < -0.39 is 46.7 Å². The number of rotatable bonds is 9. The molecule has 12 nitrogen and oxygen atoms in total. The van der Waals surface area contributed by atoms with Gasteiger partial charge in [-0.1, -0.05) is 17.7 Å². The van der Waals surface area contributed by atoms with Crippen LogP contribution in [0.1, 0.15) is 27.0 Å². The molecular weight excluding hydrogens is 725 g/mol. The summed E-state index contributed by atoms with van der Waals surface area (Å²) in [6.07, 6.45) is 1.63. The van der Waals surface area contributed by atoms with Crippen LogP contribution < -0.4 is 15.0 Å². The lowest BCUT2D eigenvalue weighted by Gasteiger charge is -2.38. The number of carboxylic acid groups (broad SMARTS) is 1. The van der Waals surface area contributed by atoms with E-state index in [1.54, 1.807) is 33.5 Å². The third-order valence-corrected chi connectivity index (χ3v) is 9.96. The Balaban J connectivity index is 1.09. The summed E-state index contributed by atoms with van der Waals surface area (Å²) < 4.78 is 53.4. The molecule has 2 fully saturated rings. The average molecular weight is 753 g/mol. The SMILES string of the molecule is COC(=O)C1=C(CN2CCN3C(=O)N(c4ccc(Oc5c(F)cc(C(=O)O)cc5F)cc4)C[C@@H]3C2)NC(c2nccs2)=N[C@H]1c1ccc(F)cc1Cl. The molecule has 3 aliphatic heterocycles. The van der Waals surface area contributed by atoms with Crippen molar-refractivity contribution in [3.8, 4) is 11.5 Å². The number of amidine groups is 1. The number of aromatic nitrogens is 1. The van der Waals surface area contributed by atoms with Gasteiger partial charge in [0.1, 0.15) is 17.6 Å². The summed E-state index contributed by atoms with van der Waals surface area (Å²) >= 11 is 7.83. The summed E-state index contributed by atoms with van der Waals surface area (Å²) in [6, 6.07) is 9.98. The number of benzene rings is 3. The summed E-state index contributed by atoms with van der Waals surface area (Å²) in [5.74, 6) is -5.24. The van der Waals surface area contributed by atoms with Crippen molar-refractivity contribution in [2.75, 3.05) is 44.7 Å². The number of nitrogens with zero attached hydrogens (tertiary/aromatic N) is 5. The largest absolute Gasteiger partial charge is 0.478 e. The van der Waals surface area contributed by atoms with Gasteiger partial charge in [-0.2, -0.15) is 0 Å². The van der Waals surface area contributed by atoms with Crippen molar-refractivity contribution < 1.29 is 42.1 Å². The Morgan fingerprint density at radius 1 is 1.06 bits per heavy atom. The molecule has 4 heterocycles. The lowest BCUT2D eigenvalue weighted by atomic mass is 9.95. The standard InChI is InChI=1S/C35H28ClF3N6O6S/c1-50-34(48)28-27(41-31(32-40-8-11-52-32)42-29(28)23-7-2-19(37)14-24(23)36)17-43-9-10-44-21(15-43)16-45(35(44)49)20-3-5-22(6-4-20)51-30-25(38)12-18(33(46)47)13-26(30)39/h2-8,11-14,21,29H,9-10,15-17H2,1H3,(H,41,42)(H,46,47)/t21-,29-/m0/s1. The van der Waals surface area contributed by atoms with Crippen molar-refractivity contribution in [1.29, 1.82) is 0 Å². The first-order valence-corrected chi connectivity index (χ1v) is 17.1. The van der Waals surface area contributed by atoms with Crippen LogP contribution in [0.3, 0.4) is 0 Å².